The lowest BCUT2D eigenvalue weighted by Gasteiger charge is -2.19. The number of hydrogen-bond acceptors (Lipinski definition) is 5. The van der Waals surface area contributed by atoms with Gasteiger partial charge in [-0.05, 0) is 84.8 Å². The van der Waals surface area contributed by atoms with Gasteiger partial charge in [-0.1, -0.05) is 130 Å². The largest absolute Gasteiger partial charge is 0.462 e. The highest BCUT2D eigenvalue weighted by Gasteiger charge is 2.16. The number of esters is 2. The topological polar surface area (TPSA) is 55.8 Å². The van der Waals surface area contributed by atoms with Crippen LogP contribution >= 0.6 is 0 Å². The van der Waals surface area contributed by atoms with Gasteiger partial charge in [0.15, 0.2) is 0 Å². The van der Waals surface area contributed by atoms with Crippen LogP contribution in [0.25, 0.3) is 0 Å². The van der Waals surface area contributed by atoms with E-state index in [-0.39, 0.29) is 24.1 Å². The van der Waals surface area contributed by atoms with E-state index in [1.807, 2.05) is 14.1 Å². The summed E-state index contributed by atoms with van der Waals surface area (Å²) in [5, 5.41) is 0. The third kappa shape index (κ3) is 30.9. The van der Waals surface area contributed by atoms with Crippen molar-refractivity contribution in [3.8, 4) is 0 Å². The fraction of sp³-hybridized carbons (Fsp3) is 0.949. The highest BCUT2D eigenvalue weighted by atomic mass is 16.5. The lowest BCUT2D eigenvalue weighted by molar-refractivity contribution is -0.151. The molecule has 44 heavy (non-hydrogen) atoms. The number of rotatable bonds is 34. The van der Waals surface area contributed by atoms with Gasteiger partial charge < -0.3 is 14.4 Å². The van der Waals surface area contributed by atoms with Gasteiger partial charge in [0, 0.05) is 12.8 Å². The quantitative estimate of drug-likeness (QED) is 0.0527. The SMILES string of the molecule is CCCCCCCCC(CCCCCCC)OC(=O)CCCCCCCC(CCCCCCCC)OC(=O)CCCN(C)C. The molecule has 0 saturated carbocycles. The molecule has 0 aliphatic heterocycles. The Bertz CT molecular complexity index is 623. The van der Waals surface area contributed by atoms with Crippen LogP contribution in [0.4, 0.5) is 0 Å². The van der Waals surface area contributed by atoms with Crippen molar-refractivity contribution in [2.24, 2.45) is 0 Å². The fourth-order valence-electron chi connectivity index (χ4n) is 6.01. The Morgan fingerprint density at radius 1 is 0.432 bits per heavy atom. The van der Waals surface area contributed by atoms with Crippen molar-refractivity contribution >= 4 is 11.9 Å². The van der Waals surface area contributed by atoms with E-state index in [9.17, 15) is 9.59 Å². The molecule has 2 atom stereocenters. The number of carbonyl (C=O) groups is 2. The smallest absolute Gasteiger partial charge is 0.306 e. The summed E-state index contributed by atoms with van der Waals surface area (Å²) in [4.78, 5) is 27.2. The van der Waals surface area contributed by atoms with E-state index in [2.05, 4.69) is 25.7 Å². The van der Waals surface area contributed by atoms with Crippen molar-refractivity contribution in [1.29, 1.82) is 0 Å². The first kappa shape index (κ1) is 42.9. The maximum absolute atomic E-state index is 12.7. The minimum Gasteiger partial charge on any atom is -0.462 e. The normalized spacial score (nSPS) is 12.9. The van der Waals surface area contributed by atoms with Gasteiger partial charge in [0.25, 0.3) is 0 Å². The van der Waals surface area contributed by atoms with E-state index < -0.39 is 0 Å². The third-order valence-electron chi connectivity index (χ3n) is 8.88. The molecule has 0 bridgehead atoms. The van der Waals surface area contributed by atoms with Gasteiger partial charge >= 0.3 is 11.9 Å². The van der Waals surface area contributed by atoms with Gasteiger partial charge in [-0.15, -0.1) is 0 Å². The molecular formula is C39H77NO4. The first-order valence-electron chi connectivity index (χ1n) is 19.5. The van der Waals surface area contributed by atoms with E-state index in [0.29, 0.717) is 12.8 Å². The maximum Gasteiger partial charge on any atom is 0.306 e. The first-order chi connectivity index (χ1) is 21.4. The van der Waals surface area contributed by atoms with Crippen LogP contribution in [0.2, 0.25) is 0 Å². The summed E-state index contributed by atoms with van der Waals surface area (Å²) < 4.78 is 11.9. The lowest BCUT2D eigenvalue weighted by Crippen LogP contribution is -2.20. The molecule has 5 heteroatoms. The van der Waals surface area contributed by atoms with Crippen molar-refractivity contribution in [2.45, 2.75) is 219 Å². The Hall–Kier alpha value is -1.10. The molecule has 0 N–H and O–H groups in total. The van der Waals surface area contributed by atoms with Crippen LogP contribution in [-0.4, -0.2) is 49.7 Å². The molecule has 0 aromatic heterocycles. The second-order valence-corrected chi connectivity index (χ2v) is 13.8. The van der Waals surface area contributed by atoms with Gasteiger partial charge in [-0.3, -0.25) is 9.59 Å². The van der Waals surface area contributed by atoms with Gasteiger partial charge in [0.1, 0.15) is 12.2 Å². The Labute approximate surface area is 275 Å². The van der Waals surface area contributed by atoms with Crippen molar-refractivity contribution in [2.75, 3.05) is 20.6 Å². The molecule has 0 aromatic carbocycles. The van der Waals surface area contributed by atoms with Crippen molar-refractivity contribution < 1.29 is 19.1 Å². The summed E-state index contributed by atoms with van der Waals surface area (Å²) in [6.45, 7) is 7.69. The fourth-order valence-corrected chi connectivity index (χ4v) is 6.01. The predicted octanol–water partition coefficient (Wildman–Crippen LogP) is 11.7. The Morgan fingerprint density at radius 3 is 1.07 bits per heavy atom. The number of hydrogen-bond donors (Lipinski definition) is 0. The van der Waals surface area contributed by atoms with Crippen LogP contribution in [0.15, 0.2) is 0 Å². The zero-order chi connectivity index (χ0) is 32.5. The molecule has 0 rings (SSSR count). The van der Waals surface area contributed by atoms with E-state index >= 15 is 0 Å². The van der Waals surface area contributed by atoms with E-state index in [0.717, 1.165) is 77.2 Å². The van der Waals surface area contributed by atoms with E-state index in [1.165, 1.54) is 103 Å². The van der Waals surface area contributed by atoms with Crippen LogP contribution in [-0.2, 0) is 19.1 Å². The molecule has 262 valence electrons. The standard InChI is InChI=1S/C39H77NO4/c1-6-9-12-15-19-24-30-36(29-23-18-14-11-8-3)43-38(41)33-27-22-17-21-26-32-37(31-25-20-16-13-10-7-2)44-39(42)34-28-35-40(4)5/h36-37H,6-35H2,1-5H3. The molecule has 0 saturated heterocycles. The molecular weight excluding hydrogens is 546 g/mol. The van der Waals surface area contributed by atoms with Gasteiger partial charge in [0.2, 0.25) is 0 Å². The number of carbonyl (C=O) groups excluding carboxylic acids is 2. The van der Waals surface area contributed by atoms with Crippen molar-refractivity contribution in [3.63, 3.8) is 0 Å². The third-order valence-corrected chi connectivity index (χ3v) is 8.88. The summed E-state index contributed by atoms with van der Waals surface area (Å²) >= 11 is 0. The molecule has 0 aliphatic carbocycles. The molecule has 0 aliphatic rings. The summed E-state index contributed by atoms with van der Waals surface area (Å²) in [5.74, 6) is -0.0215. The number of unbranched alkanes of at least 4 members (excludes halogenated alkanes) is 18. The molecule has 0 radical (unpaired) electrons. The minimum absolute atomic E-state index is 0.00900. The molecule has 0 fully saturated rings. The molecule has 0 spiro atoms. The lowest BCUT2D eigenvalue weighted by atomic mass is 10.0. The second kappa shape index (κ2) is 33.3. The van der Waals surface area contributed by atoms with Gasteiger partial charge in [0.05, 0.1) is 0 Å². The van der Waals surface area contributed by atoms with Gasteiger partial charge in [-0.2, -0.15) is 0 Å². The van der Waals surface area contributed by atoms with Crippen LogP contribution in [0.5, 0.6) is 0 Å². The Balaban J connectivity index is 4.33. The monoisotopic (exact) mass is 624 g/mol. The van der Waals surface area contributed by atoms with Crippen LogP contribution in [0, 0.1) is 0 Å². The summed E-state index contributed by atoms with van der Waals surface area (Å²) in [6.07, 6.45) is 33.1. The number of ether oxygens (including phenoxy) is 2. The maximum atomic E-state index is 12.7. The summed E-state index contributed by atoms with van der Waals surface area (Å²) in [6, 6.07) is 0. The molecule has 5 nitrogen and oxygen atoms in total. The van der Waals surface area contributed by atoms with E-state index in [4.69, 9.17) is 9.47 Å². The van der Waals surface area contributed by atoms with Crippen LogP contribution in [0.1, 0.15) is 207 Å². The van der Waals surface area contributed by atoms with Crippen molar-refractivity contribution in [3.05, 3.63) is 0 Å². The summed E-state index contributed by atoms with van der Waals surface area (Å²) in [7, 11) is 4.08. The highest BCUT2D eigenvalue weighted by Crippen LogP contribution is 2.20. The molecule has 2 unspecified atom stereocenters. The van der Waals surface area contributed by atoms with Gasteiger partial charge in [-0.25, -0.2) is 0 Å². The average molecular weight is 624 g/mol. The predicted molar refractivity (Wildman–Crippen MR) is 189 cm³/mol. The molecule has 0 amide bonds. The Morgan fingerprint density at radius 2 is 0.727 bits per heavy atom. The summed E-state index contributed by atoms with van der Waals surface area (Å²) in [5.41, 5.74) is 0. The first-order valence-corrected chi connectivity index (χ1v) is 19.5. The Kier molecular flexibility index (Phi) is 32.4. The average Bonchev–Trinajstić information content (AvgIpc) is 2.99. The molecule has 0 aromatic rings. The second-order valence-electron chi connectivity index (χ2n) is 13.8. The van der Waals surface area contributed by atoms with Crippen LogP contribution in [0.3, 0.4) is 0 Å². The van der Waals surface area contributed by atoms with Crippen LogP contribution < -0.4 is 0 Å². The van der Waals surface area contributed by atoms with E-state index in [1.54, 1.807) is 0 Å². The zero-order valence-corrected chi connectivity index (χ0v) is 30.4. The molecule has 0 heterocycles. The van der Waals surface area contributed by atoms with Crippen molar-refractivity contribution in [1.82, 2.24) is 4.90 Å². The highest BCUT2D eigenvalue weighted by molar-refractivity contribution is 5.69. The number of nitrogens with zero attached hydrogens (tertiary/aromatic N) is 1. The zero-order valence-electron chi connectivity index (χ0n) is 30.4. The minimum atomic E-state index is -0.0305.